The lowest BCUT2D eigenvalue weighted by Crippen LogP contribution is -2.53. The Morgan fingerprint density at radius 3 is 2.74 bits per heavy atom. The average Bonchev–Trinajstić information content (AvgIpc) is 3.26. The zero-order valence-electron chi connectivity index (χ0n) is 18.8. The van der Waals surface area contributed by atoms with E-state index in [1.54, 1.807) is 0 Å². The maximum atomic E-state index is 6.09. The number of nitrogens with one attached hydrogen (secondary N) is 1. The molecule has 3 saturated heterocycles. The Labute approximate surface area is 204 Å². The zero-order chi connectivity index (χ0) is 20.6. The van der Waals surface area contributed by atoms with Crippen LogP contribution in [0, 0.1) is 0 Å². The van der Waals surface area contributed by atoms with Crippen LogP contribution in [0.25, 0.3) is 6.08 Å². The second-order valence-corrected chi connectivity index (χ2v) is 8.54. The van der Waals surface area contributed by atoms with E-state index in [0.29, 0.717) is 6.04 Å². The van der Waals surface area contributed by atoms with Gasteiger partial charge in [0.25, 0.3) is 0 Å². The molecule has 6 nitrogen and oxygen atoms in total. The molecule has 1 N–H and O–H groups in total. The highest BCUT2D eigenvalue weighted by Crippen LogP contribution is 2.22. The lowest BCUT2D eigenvalue weighted by atomic mass is 10.2. The lowest BCUT2D eigenvalue weighted by Gasteiger charge is -2.37. The predicted octanol–water partition coefficient (Wildman–Crippen LogP) is 2.76. The molecule has 3 aliphatic rings. The van der Waals surface area contributed by atoms with E-state index in [2.05, 4.69) is 69.4 Å². The molecule has 4 rings (SSSR count). The maximum absolute atomic E-state index is 6.09. The van der Waals surface area contributed by atoms with Crippen LogP contribution >= 0.6 is 24.0 Å². The van der Waals surface area contributed by atoms with Crippen LogP contribution in [0.4, 0.5) is 0 Å². The number of piperazine rings is 1. The number of hydrogen-bond donors (Lipinski definition) is 1. The summed E-state index contributed by atoms with van der Waals surface area (Å²) in [4.78, 5) is 12.5. The first-order chi connectivity index (χ1) is 14.8. The van der Waals surface area contributed by atoms with Crippen molar-refractivity contribution in [3.63, 3.8) is 0 Å². The summed E-state index contributed by atoms with van der Waals surface area (Å²) in [6.45, 7) is 12.1. The Kier molecular flexibility index (Phi) is 10.1. The highest BCUT2D eigenvalue weighted by molar-refractivity contribution is 14.0. The van der Waals surface area contributed by atoms with E-state index in [1.165, 1.54) is 24.9 Å². The van der Waals surface area contributed by atoms with Crippen LogP contribution < -0.4 is 5.32 Å². The molecule has 0 spiro atoms. The number of morpholine rings is 1. The molecule has 2 unspecified atom stereocenters. The standard InChI is InChI=1S/C24H37N5O.HI/c1-2-25-24(26-18-23-19-29-13-7-11-22(29)20-30-23)28-16-14-27(15-17-28)12-6-10-21-8-4-3-5-9-21;/h3-6,8-10,22-23H,2,7,11-20H2,1H3,(H,25,26);1H/b10-6+;. The van der Waals surface area contributed by atoms with Crippen LogP contribution in [0.5, 0.6) is 0 Å². The molecule has 3 heterocycles. The normalized spacial score (nSPS) is 25.5. The topological polar surface area (TPSA) is 43.3 Å². The average molecular weight is 540 g/mol. The van der Waals surface area contributed by atoms with Crippen molar-refractivity contribution in [3.05, 3.63) is 42.0 Å². The van der Waals surface area contributed by atoms with Crippen molar-refractivity contribution in [3.8, 4) is 0 Å². The highest BCUT2D eigenvalue weighted by atomic mass is 127. The first-order valence-electron chi connectivity index (χ1n) is 11.6. The number of rotatable bonds is 6. The summed E-state index contributed by atoms with van der Waals surface area (Å²) in [6, 6.07) is 11.2. The van der Waals surface area contributed by atoms with Gasteiger partial charge in [0.2, 0.25) is 0 Å². The van der Waals surface area contributed by atoms with Gasteiger partial charge < -0.3 is 15.0 Å². The third kappa shape index (κ3) is 7.17. The molecule has 3 fully saturated rings. The molecule has 172 valence electrons. The molecule has 0 amide bonds. The SMILES string of the molecule is CCNC(=NCC1CN2CCCC2CO1)N1CCN(C/C=C/c2ccccc2)CC1.I. The van der Waals surface area contributed by atoms with Gasteiger partial charge in [0, 0.05) is 51.9 Å². The summed E-state index contributed by atoms with van der Waals surface area (Å²) < 4.78 is 6.09. The Balaban J connectivity index is 0.00000272. The largest absolute Gasteiger partial charge is 0.373 e. The van der Waals surface area contributed by atoms with Crippen molar-refractivity contribution in [1.29, 1.82) is 0 Å². The van der Waals surface area contributed by atoms with Crippen molar-refractivity contribution in [2.45, 2.75) is 31.9 Å². The Morgan fingerprint density at radius 1 is 1.16 bits per heavy atom. The summed E-state index contributed by atoms with van der Waals surface area (Å²) in [5, 5.41) is 3.49. The van der Waals surface area contributed by atoms with Gasteiger partial charge in [-0.05, 0) is 31.9 Å². The maximum Gasteiger partial charge on any atom is 0.194 e. The summed E-state index contributed by atoms with van der Waals surface area (Å²) in [6.07, 6.45) is 7.34. The quantitative estimate of drug-likeness (QED) is 0.342. The molecule has 2 atom stereocenters. The van der Waals surface area contributed by atoms with Gasteiger partial charge in [-0.15, -0.1) is 24.0 Å². The summed E-state index contributed by atoms with van der Waals surface area (Å²) in [7, 11) is 0. The highest BCUT2D eigenvalue weighted by Gasteiger charge is 2.32. The van der Waals surface area contributed by atoms with E-state index >= 15 is 0 Å². The van der Waals surface area contributed by atoms with E-state index in [1.807, 2.05) is 0 Å². The third-order valence-corrected chi connectivity index (χ3v) is 6.39. The smallest absolute Gasteiger partial charge is 0.194 e. The molecule has 0 saturated carbocycles. The van der Waals surface area contributed by atoms with Gasteiger partial charge in [-0.25, -0.2) is 0 Å². The van der Waals surface area contributed by atoms with Gasteiger partial charge in [0.05, 0.1) is 19.3 Å². The van der Waals surface area contributed by atoms with Gasteiger partial charge in [-0.2, -0.15) is 0 Å². The molecule has 3 aliphatic heterocycles. The number of halogens is 1. The second-order valence-electron chi connectivity index (χ2n) is 8.54. The van der Waals surface area contributed by atoms with Crippen molar-refractivity contribution in [2.24, 2.45) is 4.99 Å². The van der Waals surface area contributed by atoms with Gasteiger partial charge in [0.15, 0.2) is 5.96 Å². The van der Waals surface area contributed by atoms with Crippen LogP contribution in [0.15, 0.2) is 41.4 Å². The first-order valence-corrected chi connectivity index (χ1v) is 11.6. The Bertz CT molecular complexity index is 705. The fraction of sp³-hybridized carbons (Fsp3) is 0.625. The number of ether oxygens (including phenoxy) is 1. The van der Waals surface area contributed by atoms with Gasteiger partial charge >= 0.3 is 0 Å². The van der Waals surface area contributed by atoms with E-state index in [-0.39, 0.29) is 30.1 Å². The van der Waals surface area contributed by atoms with Gasteiger partial charge in [-0.1, -0.05) is 42.5 Å². The van der Waals surface area contributed by atoms with Crippen LogP contribution in [0.1, 0.15) is 25.3 Å². The fourth-order valence-corrected chi connectivity index (χ4v) is 4.65. The van der Waals surface area contributed by atoms with Crippen LogP contribution in [-0.2, 0) is 4.74 Å². The molecule has 0 aliphatic carbocycles. The van der Waals surface area contributed by atoms with Crippen LogP contribution in [-0.4, -0.2) is 98.3 Å². The molecule has 0 radical (unpaired) electrons. The number of hydrogen-bond acceptors (Lipinski definition) is 4. The van der Waals surface area contributed by atoms with Gasteiger partial charge in [-0.3, -0.25) is 14.8 Å². The third-order valence-electron chi connectivity index (χ3n) is 6.39. The van der Waals surface area contributed by atoms with E-state index < -0.39 is 0 Å². The minimum atomic E-state index is 0. The van der Waals surface area contributed by atoms with E-state index in [4.69, 9.17) is 9.73 Å². The monoisotopic (exact) mass is 539 g/mol. The number of guanidine groups is 1. The second kappa shape index (κ2) is 12.8. The molecular weight excluding hydrogens is 501 g/mol. The number of aliphatic imine (C=N–C) groups is 1. The summed E-state index contributed by atoms with van der Waals surface area (Å²) >= 11 is 0. The van der Waals surface area contributed by atoms with Crippen molar-refractivity contribution in [2.75, 3.05) is 65.5 Å². The van der Waals surface area contributed by atoms with Crippen LogP contribution in [0.3, 0.4) is 0 Å². The molecular formula is C24H38IN5O. The molecule has 1 aromatic carbocycles. The van der Waals surface area contributed by atoms with E-state index in [0.717, 1.165) is 64.9 Å². The molecule has 0 aromatic heterocycles. The fourth-order valence-electron chi connectivity index (χ4n) is 4.65. The first kappa shape index (κ1) is 24.5. The molecule has 1 aromatic rings. The van der Waals surface area contributed by atoms with Crippen LogP contribution in [0.2, 0.25) is 0 Å². The molecule has 7 heteroatoms. The van der Waals surface area contributed by atoms with Crippen molar-refractivity contribution < 1.29 is 4.74 Å². The zero-order valence-corrected chi connectivity index (χ0v) is 21.1. The number of benzene rings is 1. The minimum Gasteiger partial charge on any atom is -0.373 e. The Morgan fingerprint density at radius 2 is 1.97 bits per heavy atom. The summed E-state index contributed by atoms with van der Waals surface area (Å²) in [5.41, 5.74) is 1.27. The molecule has 31 heavy (non-hydrogen) atoms. The van der Waals surface area contributed by atoms with E-state index in [9.17, 15) is 0 Å². The summed E-state index contributed by atoms with van der Waals surface area (Å²) in [5.74, 6) is 1.05. The predicted molar refractivity (Wildman–Crippen MR) is 139 cm³/mol. The van der Waals surface area contributed by atoms with Crippen molar-refractivity contribution >= 4 is 36.0 Å². The number of nitrogens with zero attached hydrogens (tertiary/aromatic N) is 4. The number of fused-ring (bicyclic) bond motifs is 1. The molecule has 0 bridgehead atoms. The lowest BCUT2D eigenvalue weighted by molar-refractivity contribution is -0.0433. The van der Waals surface area contributed by atoms with Gasteiger partial charge in [0.1, 0.15) is 0 Å². The van der Waals surface area contributed by atoms with Crippen molar-refractivity contribution in [1.82, 2.24) is 20.0 Å². The minimum absolute atomic E-state index is 0. The Hall–Kier alpha value is -1.16.